The molecule has 4 aromatic rings. The third-order valence-corrected chi connectivity index (χ3v) is 6.76. The smallest absolute Gasteiger partial charge is 0.363 e. The maximum Gasteiger partial charge on any atom is 0.416 e. The topological polar surface area (TPSA) is 120 Å². The number of hydrogen-bond donors (Lipinski definition) is 3. The number of halogens is 6. The number of anilines is 1. The molecule has 2 heterocycles. The van der Waals surface area contributed by atoms with Crippen molar-refractivity contribution in [3.05, 3.63) is 92.6 Å². The first-order valence-corrected chi connectivity index (χ1v) is 11.7. The van der Waals surface area contributed by atoms with Crippen molar-refractivity contribution in [2.75, 3.05) is 5.32 Å². The highest BCUT2D eigenvalue weighted by Crippen LogP contribution is 2.45. The Labute approximate surface area is 226 Å². The first kappa shape index (κ1) is 27.0. The van der Waals surface area contributed by atoms with Crippen LogP contribution >= 0.6 is 11.6 Å². The maximum atomic E-state index is 14.2. The summed E-state index contributed by atoms with van der Waals surface area (Å²) in [6.45, 7) is 0. The van der Waals surface area contributed by atoms with Gasteiger partial charge in [-0.2, -0.15) is 23.5 Å². The molecular formula is C26H15ClF5N5O3. The van der Waals surface area contributed by atoms with E-state index < -0.39 is 46.5 Å². The molecule has 1 aromatic heterocycles. The van der Waals surface area contributed by atoms with Crippen LogP contribution in [0.15, 0.2) is 42.5 Å². The molecule has 0 radical (unpaired) electrons. The van der Waals surface area contributed by atoms with Crippen LogP contribution in [0.3, 0.4) is 0 Å². The summed E-state index contributed by atoms with van der Waals surface area (Å²) in [5, 5.41) is 30.0. The Morgan fingerprint density at radius 2 is 1.93 bits per heavy atom. The maximum absolute atomic E-state index is 14.2. The summed E-state index contributed by atoms with van der Waals surface area (Å²) in [7, 11) is 1.49. The molecule has 204 valence electrons. The minimum atomic E-state index is -4.95. The number of fused-ring (bicyclic) bond motifs is 3. The van der Waals surface area contributed by atoms with E-state index in [-0.39, 0.29) is 50.8 Å². The molecule has 8 nitrogen and oxygen atoms in total. The molecule has 0 fully saturated rings. The molecule has 3 aromatic carbocycles. The number of aryl methyl sites for hydroxylation is 1. The van der Waals surface area contributed by atoms with Crippen LogP contribution in [0.4, 0.5) is 27.6 Å². The second-order valence-electron chi connectivity index (χ2n) is 8.94. The Kier molecular flexibility index (Phi) is 6.28. The van der Waals surface area contributed by atoms with Crippen LogP contribution in [0.25, 0.3) is 10.9 Å². The molecule has 0 bridgehead atoms. The van der Waals surface area contributed by atoms with Crippen molar-refractivity contribution in [1.29, 1.82) is 5.26 Å². The van der Waals surface area contributed by atoms with Gasteiger partial charge in [-0.15, -0.1) is 0 Å². The summed E-state index contributed by atoms with van der Waals surface area (Å²) in [5.74, 6) is -4.27. The van der Waals surface area contributed by atoms with E-state index in [4.69, 9.17) is 11.6 Å². The lowest BCUT2D eigenvalue weighted by molar-refractivity contribution is -0.137. The molecule has 40 heavy (non-hydrogen) atoms. The summed E-state index contributed by atoms with van der Waals surface area (Å²) in [5.41, 5.74) is -5.54. The van der Waals surface area contributed by atoms with Gasteiger partial charge in [0.05, 0.1) is 35.0 Å². The summed E-state index contributed by atoms with van der Waals surface area (Å²) < 4.78 is 69.3. The van der Waals surface area contributed by atoms with Gasteiger partial charge in [-0.1, -0.05) is 11.6 Å². The zero-order valence-corrected chi connectivity index (χ0v) is 20.9. The molecule has 1 atom stereocenters. The molecule has 1 unspecified atom stereocenters. The molecule has 1 aliphatic heterocycles. The predicted octanol–water partition coefficient (Wildman–Crippen LogP) is 4.78. The number of amides is 2. The fourth-order valence-electron chi connectivity index (χ4n) is 4.71. The number of nitriles is 1. The number of benzene rings is 3. The number of hydrogen-bond acceptors (Lipinski definition) is 5. The van der Waals surface area contributed by atoms with Crippen LogP contribution in [0, 0.1) is 23.0 Å². The minimum Gasteiger partial charge on any atom is -0.363 e. The number of aromatic nitrogens is 2. The fraction of sp³-hybridized carbons (Fsp3) is 0.154. The normalized spacial score (nSPS) is 16.5. The number of nitrogens with zero attached hydrogens (tertiary/aromatic N) is 3. The SMILES string of the molecule is Cn1nc2c3c(c(NC(=O)c4cc(F)cc(C(F)(F)F)c4)cc2c1CC#N)C(O)(c1cc(F)ccc1Cl)NC3=O. The number of aliphatic hydroxyl groups is 1. The average molecular weight is 576 g/mol. The summed E-state index contributed by atoms with van der Waals surface area (Å²) in [6, 6.07) is 7.42. The highest BCUT2D eigenvalue weighted by molar-refractivity contribution is 6.31. The zero-order chi connectivity index (χ0) is 29.1. The molecule has 14 heteroatoms. The van der Waals surface area contributed by atoms with Gasteiger partial charge in [-0.05, 0) is 42.5 Å². The van der Waals surface area contributed by atoms with Crippen molar-refractivity contribution in [3.8, 4) is 6.07 Å². The van der Waals surface area contributed by atoms with Crippen LogP contribution in [-0.4, -0.2) is 26.7 Å². The van der Waals surface area contributed by atoms with Gasteiger partial charge < -0.3 is 15.7 Å². The molecule has 2 amide bonds. The van der Waals surface area contributed by atoms with Crippen LogP contribution in [-0.2, 0) is 25.4 Å². The van der Waals surface area contributed by atoms with E-state index in [2.05, 4.69) is 15.7 Å². The molecule has 1 aliphatic rings. The third-order valence-electron chi connectivity index (χ3n) is 6.43. The highest BCUT2D eigenvalue weighted by atomic mass is 35.5. The van der Waals surface area contributed by atoms with Crippen LogP contribution in [0.5, 0.6) is 0 Å². The lowest BCUT2D eigenvalue weighted by Crippen LogP contribution is -2.41. The molecule has 0 aliphatic carbocycles. The van der Waals surface area contributed by atoms with Crippen LogP contribution in [0.1, 0.15) is 43.1 Å². The summed E-state index contributed by atoms with van der Waals surface area (Å²) >= 11 is 6.23. The van der Waals surface area contributed by atoms with Gasteiger partial charge in [-0.25, -0.2) is 8.78 Å². The Morgan fingerprint density at radius 3 is 2.60 bits per heavy atom. The van der Waals surface area contributed by atoms with Crippen molar-refractivity contribution in [2.45, 2.75) is 18.3 Å². The van der Waals surface area contributed by atoms with E-state index in [0.717, 1.165) is 18.2 Å². The molecule has 0 saturated carbocycles. The largest absolute Gasteiger partial charge is 0.416 e. The monoisotopic (exact) mass is 575 g/mol. The summed E-state index contributed by atoms with van der Waals surface area (Å²) in [4.78, 5) is 26.4. The number of carbonyl (C=O) groups excluding carboxylic acids is 2. The lowest BCUT2D eigenvalue weighted by atomic mass is 9.90. The number of rotatable bonds is 4. The van der Waals surface area contributed by atoms with Crippen molar-refractivity contribution < 1.29 is 36.6 Å². The van der Waals surface area contributed by atoms with Gasteiger partial charge in [0.2, 0.25) is 0 Å². The van der Waals surface area contributed by atoms with Crippen molar-refractivity contribution in [2.24, 2.45) is 7.05 Å². The lowest BCUT2D eigenvalue weighted by Gasteiger charge is -2.27. The van der Waals surface area contributed by atoms with E-state index in [1.165, 1.54) is 17.8 Å². The highest BCUT2D eigenvalue weighted by Gasteiger charge is 2.48. The minimum absolute atomic E-state index is 0.0202. The van der Waals surface area contributed by atoms with E-state index in [1.54, 1.807) is 0 Å². The van der Waals surface area contributed by atoms with Crippen molar-refractivity contribution in [1.82, 2.24) is 15.1 Å². The van der Waals surface area contributed by atoms with Gasteiger partial charge in [0, 0.05) is 34.1 Å². The van der Waals surface area contributed by atoms with E-state index in [0.29, 0.717) is 17.8 Å². The Balaban J connectivity index is 1.77. The number of carbonyl (C=O) groups is 2. The van der Waals surface area contributed by atoms with E-state index >= 15 is 0 Å². The van der Waals surface area contributed by atoms with E-state index in [9.17, 15) is 41.9 Å². The quantitative estimate of drug-likeness (QED) is 0.303. The van der Waals surface area contributed by atoms with Gasteiger partial charge >= 0.3 is 6.18 Å². The zero-order valence-electron chi connectivity index (χ0n) is 20.1. The van der Waals surface area contributed by atoms with E-state index in [1.807, 2.05) is 6.07 Å². The molecule has 0 saturated heterocycles. The van der Waals surface area contributed by atoms with Crippen LogP contribution < -0.4 is 10.6 Å². The molecular weight excluding hydrogens is 561 g/mol. The van der Waals surface area contributed by atoms with Crippen molar-refractivity contribution in [3.63, 3.8) is 0 Å². The molecule has 3 N–H and O–H groups in total. The van der Waals surface area contributed by atoms with Gasteiger partial charge in [0.1, 0.15) is 17.2 Å². The standard InChI is InChI=1S/C26H15ClF5N5O3/c1-37-19(4-5-33)15-10-18(34-23(38)11-6-12(26(30,31)32)8-14(29)7-11)21-20(22(15)36-37)24(39)35-25(21,40)16-9-13(28)2-3-17(16)27/h2-3,6-10,40H,4H2,1H3,(H,34,38)(H,35,39). The average Bonchev–Trinajstić information content (AvgIpc) is 3.33. The fourth-order valence-corrected chi connectivity index (χ4v) is 4.96. The first-order chi connectivity index (χ1) is 18.7. The number of alkyl halides is 3. The van der Waals surface area contributed by atoms with Crippen LogP contribution in [0.2, 0.25) is 5.02 Å². The number of nitrogens with one attached hydrogen (secondary N) is 2. The molecule has 0 spiro atoms. The second kappa shape index (κ2) is 9.29. The van der Waals surface area contributed by atoms with Gasteiger partial charge in [-0.3, -0.25) is 14.3 Å². The predicted molar refractivity (Wildman–Crippen MR) is 131 cm³/mol. The second-order valence-corrected chi connectivity index (χ2v) is 9.35. The van der Waals surface area contributed by atoms with Crippen molar-refractivity contribution >= 4 is 40.0 Å². The summed E-state index contributed by atoms with van der Waals surface area (Å²) in [6.07, 6.45) is -5.14. The molecule has 5 rings (SSSR count). The third kappa shape index (κ3) is 4.31. The Hall–Kier alpha value is -4.54. The first-order valence-electron chi connectivity index (χ1n) is 11.3. The van der Waals surface area contributed by atoms with Gasteiger partial charge in [0.25, 0.3) is 11.8 Å². The van der Waals surface area contributed by atoms with Gasteiger partial charge in [0.15, 0.2) is 5.72 Å². The Morgan fingerprint density at radius 1 is 1.20 bits per heavy atom. The Bertz CT molecular complexity index is 1800.